The van der Waals surface area contributed by atoms with Crippen LogP contribution in [-0.4, -0.2) is 32.7 Å². The van der Waals surface area contributed by atoms with Crippen LogP contribution in [0.3, 0.4) is 0 Å². The first-order valence-corrected chi connectivity index (χ1v) is 11.6. The minimum absolute atomic E-state index is 0.0262. The molecule has 1 aromatic carbocycles. The third kappa shape index (κ3) is 9.55. The van der Waals surface area contributed by atoms with E-state index in [1.165, 1.54) is 0 Å². The summed E-state index contributed by atoms with van der Waals surface area (Å²) in [4.78, 5) is 11.9. The Bertz CT molecular complexity index is 705. The lowest BCUT2D eigenvalue weighted by atomic mass is 10.1. The number of alkyl carbamates (subject to hydrolysis) is 1. The summed E-state index contributed by atoms with van der Waals surface area (Å²) in [5, 5.41) is 2.72. The minimum atomic E-state index is -3.53. The first kappa shape index (κ1) is 24.4. The van der Waals surface area contributed by atoms with E-state index in [2.05, 4.69) is 23.9 Å². The Hall–Kier alpha value is -1.60. The lowest BCUT2D eigenvalue weighted by Gasteiger charge is -2.19. The van der Waals surface area contributed by atoms with Gasteiger partial charge in [0.25, 0.3) is 0 Å². The van der Waals surface area contributed by atoms with Gasteiger partial charge in [0, 0.05) is 12.6 Å². The van der Waals surface area contributed by atoms with E-state index in [4.69, 9.17) is 4.74 Å². The number of ether oxygens (including phenoxy) is 1. The average molecular weight is 413 g/mol. The van der Waals surface area contributed by atoms with Gasteiger partial charge >= 0.3 is 6.09 Å². The van der Waals surface area contributed by atoms with Crippen molar-refractivity contribution < 1.29 is 17.9 Å². The van der Waals surface area contributed by atoms with Gasteiger partial charge in [0.15, 0.2) is 0 Å². The smallest absolute Gasteiger partial charge is 0.407 e. The topological polar surface area (TPSA) is 84.5 Å². The van der Waals surface area contributed by atoms with Crippen LogP contribution < -0.4 is 10.0 Å². The lowest BCUT2D eigenvalue weighted by molar-refractivity contribution is 0.0527. The number of benzene rings is 1. The number of rotatable bonds is 11. The van der Waals surface area contributed by atoms with Gasteiger partial charge in [-0.1, -0.05) is 38.8 Å². The number of sulfonamides is 1. The fourth-order valence-electron chi connectivity index (χ4n) is 2.91. The van der Waals surface area contributed by atoms with Gasteiger partial charge < -0.3 is 10.1 Å². The molecule has 160 valence electrons. The fraction of sp³-hybridized carbons (Fsp3) is 0.667. The quantitative estimate of drug-likeness (QED) is 0.528. The van der Waals surface area contributed by atoms with Crippen LogP contribution in [0.15, 0.2) is 29.2 Å². The second-order valence-corrected chi connectivity index (χ2v) is 9.79. The summed E-state index contributed by atoms with van der Waals surface area (Å²) in [7, 11) is -3.53. The standard InChI is InChI=1S/C21H36N2O4S/c1-6-10-18(11-7-2)23-28(25,26)19-14-8-12-17(16-19)13-9-15-22-20(24)27-21(3,4)5/h8,12,14,16,18,23H,6-7,9-11,13,15H2,1-5H3,(H,22,24). The molecule has 0 fully saturated rings. The first-order valence-electron chi connectivity index (χ1n) is 10.2. The zero-order valence-corrected chi connectivity index (χ0v) is 18.7. The highest BCUT2D eigenvalue weighted by Gasteiger charge is 2.19. The van der Waals surface area contributed by atoms with Gasteiger partial charge in [-0.2, -0.15) is 0 Å². The van der Waals surface area contributed by atoms with E-state index in [1.54, 1.807) is 18.2 Å². The molecule has 0 unspecified atom stereocenters. The van der Waals surface area contributed by atoms with Gasteiger partial charge in [-0.15, -0.1) is 0 Å². The van der Waals surface area contributed by atoms with Crippen LogP contribution in [0.5, 0.6) is 0 Å². The van der Waals surface area contributed by atoms with Crippen molar-refractivity contribution in [3.8, 4) is 0 Å². The molecule has 0 saturated carbocycles. The van der Waals surface area contributed by atoms with Crippen LogP contribution in [0.4, 0.5) is 4.79 Å². The maximum Gasteiger partial charge on any atom is 0.407 e. The molecule has 0 heterocycles. The molecular formula is C21H36N2O4S. The Morgan fingerprint density at radius 3 is 2.36 bits per heavy atom. The van der Waals surface area contributed by atoms with Crippen molar-refractivity contribution in [1.29, 1.82) is 0 Å². The third-order valence-corrected chi connectivity index (χ3v) is 5.63. The number of amides is 1. The highest BCUT2D eigenvalue weighted by atomic mass is 32.2. The summed E-state index contributed by atoms with van der Waals surface area (Å²) in [6.07, 6.45) is 4.49. The number of aryl methyl sites for hydroxylation is 1. The van der Waals surface area contributed by atoms with E-state index < -0.39 is 21.7 Å². The van der Waals surface area contributed by atoms with Crippen LogP contribution in [0, 0.1) is 0 Å². The SMILES string of the molecule is CCCC(CCC)NS(=O)(=O)c1cccc(CCCNC(=O)OC(C)(C)C)c1. The molecule has 0 aliphatic rings. The molecule has 0 spiro atoms. The number of carbonyl (C=O) groups is 1. The molecule has 1 aromatic rings. The average Bonchev–Trinajstić information content (AvgIpc) is 2.58. The molecule has 0 atom stereocenters. The van der Waals surface area contributed by atoms with Crippen molar-refractivity contribution in [3.63, 3.8) is 0 Å². The summed E-state index contributed by atoms with van der Waals surface area (Å²) in [5.41, 5.74) is 0.407. The third-order valence-electron chi connectivity index (χ3n) is 4.12. The molecule has 1 amide bonds. The molecule has 28 heavy (non-hydrogen) atoms. The Labute approximate surface area is 170 Å². The molecule has 0 bridgehead atoms. The molecule has 2 N–H and O–H groups in total. The van der Waals surface area contributed by atoms with Crippen LogP contribution in [0.2, 0.25) is 0 Å². The van der Waals surface area contributed by atoms with Crippen LogP contribution in [0.25, 0.3) is 0 Å². The van der Waals surface area contributed by atoms with E-state index in [0.29, 0.717) is 24.3 Å². The molecular weight excluding hydrogens is 376 g/mol. The number of hydrogen-bond acceptors (Lipinski definition) is 4. The van der Waals surface area contributed by atoms with E-state index in [9.17, 15) is 13.2 Å². The van der Waals surface area contributed by atoms with Gasteiger partial charge in [0.2, 0.25) is 10.0 Å². The van der Waals surface area contributed by atoms with Crippen molar-refractivity contribution in [3.05, 3.63) is 29.8 Å². The monoisotopic (exact) mass is 412 g/mol. The van der Waals surface area contributed by atoms with Gasteiger partial charge in [-0.3, -0.25) is 0 Å². The number of hydrogen-bond donors (Lipinski definition) is 2. The highest BCUT2D eigenvalue weighted by molar-refractivity contribution is 7.89. The van der Waals surface area contributed by atoms with Gasteiger partial charge in [-0.05, 0) is 64.2 Å². The molecule has 0 aromatic heterocycles. The summed E-state index contributed by atoms with van der Waals surface area (Å²) >= 11 is 0. The predicted octanol–water partition coefficient (Wildman–Crippen LogP) is 4.39. The zero-order chi connectivity index (χ0) is 21.2. The van der Waals surface area contributed by atoms with Crippen molar-refractivity contribution >= 4 is 16.1 Å². The van der Waals surface area contributed by atoms with E-state index in [1.807, 2.05) is 26.8 Å². The molecule has 0 aliphatic carbocycles. The Balaban J connectivity index is 2.62. The Kier molecular flexibility index (Phi) is 9.96. The maximum absolute atomic E-state index is 12.7. The Morgan fingerprint density at radius 2 is 1.79 bits per heavy atom. The van der Waals surface area contributed by atoms with E-state index in [-0.39, 0.29) is 6.04 Å². The van der Waals surface area contributed by atoms with Gasteiger partial charge in [0.1, 0.15) is 5.60 Å². The minimum Gasteiger partial charge on any atom is -0.444 e. The lowest BCUT2D eigenvalue weighted by Crippen LogP contribution is -2.34. The second kappa shape index (κ2) is 11.4. The highest BCUT2D eigenvalue weighted by Crippen LogP contribution is 2.16. The largest absolute Gasteiger partial charge is 0.444 e. The van der Waals surface area contributed by atoms with Crippen LogP contribution in [-0.2, 0) is 21.2 Å². The maximum atomic E-state index is 12.7. The summed E-state index contributed by atoms with van der Waals surface area (Å²) < 4.78 is 33.5. The second-order valence-electron chi connectivity index (χ2n) is 8.08. The van der Waals surface area contributed by atoms with Gasteiger partial charge in [0.05, 0.1) is 4.90 Å². The summed E-state index contributed by atoms with van der Waals surface area (Å²) in [6, 6.07) is 6.98. The molecule has 0 aliphatic heterocycles. The molecule has 0 radical (unpaired) electrons. The molecule has 6 nitrogen and oxygen atoms in total. The zero-order valence-electron chi connectivity index (χ0n) is 17.9. The van der Waals surface area contributed by atoms with Crippen molar-refractivity contribution in [2.24, 2.45) is 0 Å². The summed E-state index contributed by atoms with van der Waals surface area (Å²) in [6.45, 7) is 10.0. The van der Waals surface area contributed by atoms with Crippen LogP contribution >= 0.6 is 0 Å². The predicted molar refractivity (Wildman–Crippen MR) is 113 cm³/mol. The summed E-state index contributed by atoms with van der Waals surface area (Å²) in [5.74, 6) is 0. The Morgan fingerprint density at radius 1 is 1.14 bits per heavy atom. The normalized spacial score (nSPS) is 12.2. The van der Waals surface area contributed by atoms with E-state index >= 15 is 0 Å². The molecule has 1 rings (SSSR count). The van der Waals surface area contributed by atoms with Gasteiger partial charge in [-0.25, -0.2) is 17.9 Å². The van der Waals surface area contributed by atoms with Crippen LogP contribution in [0.1, 0.15) is 72.3 Å². The van der Waals surface area contributed by atoms with Crippen molar-refractivity contribution in [2.75, 3.05) is 6.54 Å². The molecule has 0 saturated heterocycles. The van der Waals surface area contributed by atoms with E-state index in [0.717, 1.165) is 31.2 Å². The number of carbonyl (C=O) groups excluding carboxylic acids is 1. The fourth-order valence-corrected chi connectivity index (χ4v) is 4.29. The number of nitrogens with one attached hydrogen (secondary N) is 2. The molecule has 7 heteroatoms. The first-order chi connectivity index (χ1) is 13.1. The van der Waals surface area contributed by atoms with Crippen molar-refractivity contribution in [1.82, 2.24) is 10.0 Å². The van der Waals surface area contributed by atoms with Crippen molar-refractivity contribution in [2.45, 2.75) is 89.7 Å².